The van der Waals surface area contributed by atoms with E-state index in [0.717, 1.165) is 22.3 Å². The van der Waals surface area contributed by atoms with Crippen molar-refractivity contribution in [2.24, 2.45) is 0 Å². The molecule has 2 N–H and O–H groups in total. The molecule has 5 heteroatoms. The average Bonchev–Trinajstić information content (AvgIpc) is 2.72. The second-order valence-electron chi connectivity index (χ2n) is 6.65. The first kappa shape index (κ1) is 19.3. The van der Waals surface area contributed by atoms with E-state index in [1.165, 1.54) is 12.3 Å². The summed E-state index contributed by atoms with van der Waals surface area (Å²) >= 11 is 0. The van der Waals surface area contributed by atoms with Crippen molar-refractivity contribution in [3.05, 3.63) is 100 Å². The van der Waals surface area contributed by atoms with Gasteiger partial charge >= 0.3 is 0 Å². The Labute approximate surface area is 164 Å². The smallest absolute Gasteiger partial charge is 0.270 e. The van der Waals surface area contributed by atoms with E-state index in [-0.39, 0.29) is 17.5 Å². The zero-order chi connectivity index (χ0) is 19.9. The largest absolute Gasteiger partial charge is 0.348 e. The van der Waals surface area contributed by atoms with Gasteiger partial charge < -0.3 is 10.6 Å². The lowest BCUT2D eigenvalue weighted by Crippen LogP contribution is -2.26. The Kier molecular flexibility index (Phi) is 6.17. The van der Waals surface area contributed by atoms with Gasteiger partial charge in [0.2, 0.25) is 0 Å². The maximum Gasteiger partial charge on any atom is 0.270 e. The third-order valence-corrected chi connectivity index (χ3v) is 4.66. The number of aryl methyl sites for hydroxylation is 2. The van der Waals surface area contributed by atoms with Gasteiger partial charge in [0.25, 0.3) is 11.8 Å². The van der Waals surface area contributed by atoms with Gasteiger partial charge in [0, 0.05) is 24.8 Å². The van der Waals surface area contributed by atoms with Crippen molar-refractivity contribution in [2.75, 3.05) is 0 Å². The molecule has 0 saturated heterocycles. The summed E-state index contributed by atoms with van der Waals surface area (Å²) in [5, 5.41) is 5.74. The molecule has 0 saturated carbocycles. The van der Waals surface area contributed by atoms with Crippen LogP contribution in [0.15, 0.2) is 66.9 Å². The molecule has 3 aromatic rings. The molecular weight excluding hydrogens is 350 g/mol. The fraction of sp³-hybridized carbons (Fsp3) is 0.174. The number of hydrogen-bond acceptors (Lipinski definition) is 3. The van der Waals surface area contributed by atoms with Crippen LogP contribution in [0.4, 0.5) is 0 Å². The fourth-order valence-corrected chi connectivity index (χ4v) is 2.86. The zero-order valence-electron chi connectivity index (χ0n) is 16.0. The van der Waals surface area contributed by atoms with E-state index >= 15 is 0 Å². The van der Waals surface area contributed by atoms with Crippen LogP contribution in [-0.4, -0.2) is 16.8 Å². The van der Waals surface area contributed by atoms with E-state index in [1.54, 1.807) is 6.07 Å². The molecule has 3 rings (SSSR count). The van der Waals surface area contributed by atoms with E-state index in [0.29, 0.717) is 18.7 Å². The number of carbonyl (C=O) groups excluding carboxylic acids is 2. The van der Waals surface area contributed by atoms with Crippen molar-refractivity contribution in [2.45, 2.75) is 26.9 Å². The van der Waals surface area contributed by atoms with Gasteiger partial charge in [-0.05, 0) is 48.2 Å². The number of nitrogens with zero attached hydrogens (tertiary/aromatic N) is 1. The Bertz CT molecular complexity index is 922. The summed E-state index contributed by atoms with van der Waals surface area (Å²) in [4.78, 5) is 29.0. The fourth-order valence-electron chi connectivity index (χ4n) is 2.86. The molecule has 0 unspecified atom stereocenters. The van der Waals surface area contributed by atoms with E-state index in [4.69, 9.17) is 0 Å². The van der Waals surface area contributed by atoms with E-state index in [9.17, 15) is 9.59 Å². The van der Waals surface area contributed by atoms with E-state index in [2.05, 4.69) is 15.6 Å². The number of benzene rings is 2. The predicted molar refractivity (Wildman–Crippen MR) is 109 cm³/mol. The highest BCUT2D eigenvalue weighted by molar-refractivity contribution is 5.98. The normalized spacial score (nSPS) is 10.4. The van der Waals surface area contributed by atoms with Gasteiger partial charge in [0.1, 0.15) is 5.69 Å². The molecule has 0 aliphatic heterocycles. The lowest BCUT2D eigenvalue weighted by molar-refractivity contribution is 0.0946. The third kappa shape index (κ3) is 4.82. The van der Waals surface area contributed by atoms with Crippen LogP contribution in [-0.2, 0) is 13.1 Å². The Morgan fingerprint density at radius 1 is 0.786 bits per heavy atom. The van der Waals surface area contributed by atoms with Crippen molar-refractivity contribution in [1.29, 1.82) is 0 Å². The minimum Gasteiger partial charge on any atom is -0.348 e. The Morgan fingerprint density at radius 3 is 1.89 bits per heavy atom. The number of aromatic nitrogens is 1. The first-order valence-corrected chi connectivity index (χ1v) is 9.16. The zero-order valence-corrected chi connectivity index (χ0v) is 16.0. The summed E-state index contributed by atoms with van der Waals surface area (Å²) in [6.45, 7) is 4.85. The first-order valence-electron chi connectivity index (χ1n) is 9.16. The second kappa shape index (κ2) is 8.95. The molecule has 0 aliphatic rings. The number of hydrogen-bond donors (Lipinski definition) is 2. The molecule has 0 aliphatic carbocycles. The molecular formula is C23H23N3O2. The number of amides is 2. The van der Waals surface area contributed by atoms with Crippen LogP contribution in [0, 0.1) is 13.8 Å². The molecule has 0 bridgehead atoms. The standard InChI is InChI=1S/C23H23N3O2/c1-16-7-3-5-9-19(16)14-25-22(27)18-11-12-24-21(13-18)23(28)26-15-20-10-6-4-8-17(20)2/h3-13H,14-15H2,1-2H3,(H,25,27)(H,26,28). The molecule has 1 aromatic heterocycles. The van der Waals surface area contributed by atoms with Gasteiger partial charge in [0.15, 0.2) is 0 Å². The molecule has 28 heavy (non-hydrogen) atoms. The third-order valence-electron chi connectivity index (χ3n) is 4.66. The van der Waals surface area contributed by atoms with Crippen molar-refractivity contribution >= 4 is 11.8 Å². The predicted octanol–water partition coefficient (Wildman–Crippen LogP) is 3.56. The number of carbonyl (C=O) groups is 2. The number of rotatable bonds is 6. The highest BCUT2D eigenvalue weighted by Crippen LogP contribution is 2.09. The van der Waals surface area contributed by atoms with Crippen molar-refractivity contribution < 1.29 is 9.59 Å². The van der Waals surface area contributed by atoms with Crippen molar-refractivity contribution in [3.8, 4) is 0 Å². The minimum atomic E-state index is -0.309. The Balaban J connectivity index is 1.62. The summed E-state index contributed by atoms with van der Waals surface area (Å²) in [6, 6.07) is 18.9. The van der Waals surface area contributed by atoms with Crippen molar-refractivity contribution in [3.63, 3.8) is 0 Å². The number of nitrogens with one attached hydrogen (secondary N) is 2. The van der Waals surface area contributed by atoms with E-state index < -0.39 is 0 Å². The van der Waals surface area contributed by atoms with Gasteiger partial charge in [-0.25, -0.2) is 0 Å². The molecule has 2 aromatic carbocycles. The Morgan fingerprint density at radius 2 is 1.32 bits per heavy atom. The topological polar surface area (TPSA) is 71.1 Å². The highest BCUT2D eigenvalue weighted by atomic mass is 16.2. The number of pyridine rings is 1. The van der Waals surface area contributed by atoms with Crippen LogP contribution in [0.3, 0.4) is 0 Å². The molecule has 0 spiro atoms. The van der Waals surface area contributed by atoms with Gasteiger partial charge in [-0.1, -0.05) is 48.5 Å². The van der Waals surface area contributed by atoms with Crippen molar-refractivity contribution in [1.82, 2.24) is 15.6 Å². The first-order chi connectivity index (χ1) is 13.5. The molecule has 0 atom stereocenters. The maximum absolute atomic E-state index is 12.5. The quantitative estimate of drug-likeness (QED) is 0.694. The Hall–Kier alpha value is -3.47. The molecule has 0 radical (unpaired) electrons. The molecule has 142 valence electrons. The highest BCUT2D eigenvalue weighted by Gasteiger charge is 2.12. The summed E-state index contributed by atoms with van der Waals surface area (Å²) in [7, 11) is 0. The van der Waals surface area contributed by atoms with Gasteiger partial charge in [-0.2, -0.15) is 0 Å². The minimum absolute atomic E-state index is 0.220. The lowest BCUT2D eigenvalue weighted by atomic mass is 10.1. The summed E-state index contributed by atoms with van der Waals surface area (Å²) in [6.07, 6.45) is 1.48. The SMILES string of the molecule is Cc1ccccc1CNC(=O)c1ccnc(C(=O)NCc2ccccc2C)c1. The molecule has 2 amide bonds. The summed E-state index contributed by atoms with van der Waals surface area (Å²) < 4.78 is 0. The van der Waals surface area contributed by atoms with Gasteiger partial charge in [-0.3, -0.25) is 14.6 Å². The second-order valence-corrected chi connectivity index (χ2v) is 6.65. The van der Waals surface area contributed by atoms with Gasteiger partial charge in [-0.15, -0.1) is 0 Å². The van der Waals surface area contributed by atoms with Crippen LogP contribution in [0.1, 0.15) is 43.1 Å². The van der Waals surface area contributed by atoms with Gasteiger partial charge in [0.05, 0.1) is 0 Å². The summed E-state index contributed by atoms with van der Waals surface area (Å²) in [5.41, 5.74) is 4.96. The van der Waals surface area contributed by atoms with Crippen LogP contribution in [0.25, 0.3) is 0 Å². The average molecular weight is 373 g/mol. The van der Waals surface area contributed by atoms with Crippen LogP contribution in [0.5, 0.6) is 0 Å². The van der Waals surface area contributed by atoms with Crippen LogP contribution >= 0.6 is 0 Å². The maximum atomic E-state index is 12.5. The lowest BCUT2D eigenvalue weighted by Gasteiger charge is -2.10. The summed E-state index contributed by atoms with van der Waals surface area (Å²) in [5.74, 6) is -0.546. The molecule has 0 fully saturated rings. The van der Waals surface area contributed by atoms with E-state index in [1.807, 2.05) is 62.4 Å². The van der Waals surface area contributed by atoms with Crippen LogP contribution < -0.4 is 10.6 Å². The monoisotopic (exact) mass is 373 g/mol. The van der Waals surface area contributed by atoms with Crippen LogP contribution in [0.2, 0.25) is 0 Å². The molecule has 5 nitrogen and oxygen atoms in total. The molecule has 1 heterocycles.